The molecule has 6 nitrogen and oxygen atoms in total. The lowest BCUT2D eigenvalue weighted by molar-refractivity contribution is 0.0593. The Hall–Kier alpha value is -3.22. The van der Waals surface area contributed by atoms with Gasteiger partial charge in [-0.05, 0) is 24.3 Å². The van der Waals surface area contributed by atoms with Gasteiger partial charge in [-0.3, -0.25) is 0 Å². The van der Waals surface area contributed by atoms with E-state index in [0.29, 0.717) is 27.5 Å². The van der Waals surface area contributed by atoms with Crippen LogP contribution in [0, 0.1) is 0 Å². The first-order valence-corrected chi connectivity index (χ1v) is 8.93. The zero-order valence-electron chi connectivity index (χ0n) is 14.9. The van der Waals surface area contributed by atoms with Gasteiger partial charge in [-0.25, -0.2) is 14.3 Å². The lowest BCUT2D eigenvalue weighted by Gasteiger charge is -2.12. The molecule has 0 spiro atoms. The minimum absolute atomic E-state index is 0.125. The Labute approximate surface area is 166 Å². The molecule has 0 aliphatic carbocycles. The van der Waals surface area contributed by atoms with E-state index in [4.69, 9.17) is 16.3 Å². The summed E-state index contributed by atoms with van der Waals surface area (Å²) >= 11 is 6.11. The molecule has 1 aromatic carbocycles. The highest BCUT2D eigenvalue weighted by Crippen LogP contribution is 2.34. The van der Waals surface area contributed by atoms with E-state index in [1.807, 2.05) is 30.3 Å². The van der Waals surface area contributed by atoms with E-state index >= 15 is 0 Å². The van der Waals surface area contributed by atoms with Crippen LogP contribution in [-0.2, 0) is 4.74 Å². The molecule has 0 amide bonds. The molecule has 140 valence electrons. The van der Waals surface area contributed by atoms with Crippen molar-refractivity contribution in [2.45, 2.75) is 6.10 Å². The number of hydrogen-bond acceptors (Lipinski definition) is 5. The number of rotatable bonds is 4. The van der Waals surface area contributed by atoms with E-state index in [-0.39, 0.29) is 5.69 Å². The molecule has 0 radical (unpaired) electrons. The van der Waals surface area contributed by atoms with Crippen LogP contribution in [0.4, 0.5) is 0 Å². The maximum atomic E-state index is 11.8. The van der Waals surface area contributed by atoms with Gasteiger partial charge < -0.3 is 9.84 Å². The van der Waals surface area contributed by atoms with Crippen molar-refractivity contribution in [3.05, 3.63) is 88.8 Å². The second-order valence-electron chi connectivity index (χ2n) is 6.15. The molecule has 1 unspecified atom stereocenters. The SMILES string of the molecule is COC(=O)c1cccc(C(O)c2c(-c3ccccc3)nn3cc(Cl)ccc23)n1. The van der Waals surface area contributed by atoms with Crippen molar-refractivity contribution in [2.24, 2.45) is 0 Å². The summed E-state index contributed by atoms with van der Waals surface area (Å²) in [7, 11) is 1.29. The summed E-state index contributed by atoms with van der Waals surface area (Å²) in [5.41, 5.74) is 3.18. The number of aromatic nitrogens is 3. The number of hydrogen-bond donors (Lipinski definition) is 1. The predicted octanol–water partition coefficient (Wildman–Crippen LogP) is 3.92. The van der Waals surface area contributed by atoms with Gasteiger partial charge in [-0.1, -0.05) is 48.0 Å². The molecular weight excluding hydrogens is 378 g/mol. The van der Waals surface area contributed by atoms with Crippen LogP contribution in [0.15, 0.2) is 66.9 Å². The van der Waals surface area contributed by atoms with Gasteiger partial charge in [0.1, 0.15) is 11.8 Å². The number of fused-ring (bicyclic) bond motifs is 1. The summed E-state index contributed by atoms with van der Waals surface area (Å²) in [6.07, 6.45) is 0.580. The van der Waals surface area contributed by atoms with Crippen molar-refractivity contribution in [2.75, 3.05) is 7.11 Å². The highest BCUT2D eigenvalue weighted by molar-refractivity contribution is 6.30. The van der Waals surface area contributed by atoms with Gasteiger partial charge in [-0.15, -0.1) is 0 Å². The zero-order valence-corrected chi connectivity index (χ0v) is 15.7. The molecule has 4 aromatic rings. The van der Waals surface area contributed by atoms with Crippen molar-refractivity contribution in [3.8, 4) is 11.3 Å². The standard InChI is InChI=1S/C21H16ClN3O3/c1-28-21(27)16-9-5-8-15(23-16)20(26)18-17-11-10-14(22)12-25(17)24-19(18)13-6-3-2-4-7-13/h2-12,20,26H,1H3. The number of halogens is 1. The number of aliphatic hydroxyl groups is 1. The molecule has 0 saturated carbocycles. The minimum Gasteiger partial charge on any atom is -0.464 e. The van der Waals surface area contributed by atoms with E-state index < -0.39 is 12.1 Å². The van der Waals surface area contributed by atoms with Crippen LogP contribution in [0.5, 0.6) is 0 Å². The number of benzene rings is 1. The maximum absolute atomic E-state index is 11.8. The van der Waals surface area contributed by atoms with Crippen molar-refractivity contribution < 1.29 is 14.6 Å². The van der Waals surface area contributed by atoms with Crippen LogP contribution in [0.2, 0.25) is 5.02 Å². The van der Waals surface area contributed by atoms with Crippen LogP contribution in [0.1, 0.15) is 27.8 Å². The summed E-state index contributed by atoms with van der Waals surface area (Å²) in [4.78, 5) is 16.1. The van der Waals surface area contributed by atoms with Gasteiger partial charge in [-0.2, -0.15) is 5.10 Å². The molecule has 0 aliphatic rings. The topological polar surface area (TPSA) is 76.7 Å². The van der Waals surface area contributed by atoms with E-state index in [1.165, 1.54) is 13.2 Å². The number of ether oxygens (including phenoxy) is 1. The van der Waals surface area contributed by atoms with Gasteiger partial charge in [0, 0.05) is 17.3 Å². The van der Waals surface area contributed by atoms with Gasteiger partial charge in [0.15, 0.2) is 0 Å². The number of aliphatic hydroxyl groups excluding tert-OH is 1. The highest BCUT2D eigenvalue weighted by Gasteiger charge is 2.24. The minimum atomic E-state index is -1.10. The van der Waals surface area contributed by atoms with Crippen molar-refractivity contribution in [1.29, 1.82) is 0 Å². The molecule has 28 heavy (non-hydrogen) atoms. The Morgan fingerprint density at radius 1 is 1.11 bits per heavy atom. The van der Waals surface area contributed by atoms with Crippen molar-refractivity contribution in [1.82, 2.24) is 14.6 Å². The number of nitrogens with zero attached hydrogens (tertiary/aromatic N) is 3. The highest BCUT2D eigenvalue weighted by atomic mass is 35.5. The summed E-state index contributed by atoms with van der Waals surface area (Å²) in [5.74, 6) is -0.566. The Balaban J connectivity index is 1.91. The van der Waals surface area contributed by atoms with Gasteiger partial charge in [0.2, 0.25) is 0 Å². The third kappa shape index (κ3) is 3.24. The average Bonchev–Trinajstić information content (AvgIpc) is 3.11. The molecule has 3 heterocycles. The third-order valence-corrected chi connectivity index (χ3v) is 4.62. The fourth-order valence-corrected chi connectivity index (χ4v) is 3.25. The van der Waals surface area contributed by atoms with Crippen LogP contribution in [-0.4, -0.2) is 32.8 Å². The molecule has 1 atom stereocenters. The number of carbonyl (C=O) groups excluding carboxylic acids is 1. The quantitative estimate of drug-likeness (QED) is 0.532. The fourth-order valence-electron chi connectivity index (χ4n) is 3.09. The molecule has 0 fully saturated rings. The fraction of sp³-hybridized carbons (Fsp3) is 0.0952. The molecule has 1 N–H and O–H groups in total. The molecule has 4 rings (SSSR count). The average molecular weight is 394 g/mol. The Morgan fingerprint density at radius 3 is 2.64 bits per heavy atom. The molecule has 0 aliphatic heterocycles. The molecule has 0 bridgehead atoms. The van der Waals surface area contributed by atoms with Crippen LogP contribution in [0.3, 0.4) is 0 Å². The Kier molecular flexibility index (Phi) is 4.81. The van der Waals surface area contributed by atoms with Crippen molar-refractivity contribution in [3.63, 3.8) is 0 Å². The predicted molar refractivity (Wildman–Crippen MR) is 105 cm³/mol. The Bertz CT molecular complexity index is 1160. The van der Waals surface area contributed by atoms with Crippen LogP contribution >= 0.6 is 11.6 Å². The van der Waals surface area contributed by atoms with Crippen molar-refractivity contribution >= 4 is 23.1 Å². The van der Waals surface area contributed by atoms with Crippen LogP contribution < -0.4 is 0 Å². The molecular formula is C21H16ClN3O3. The van der Waals surface area contributed by atoms with E-state index in [1.54, 1.807) is 35.0 Å². The van der Waals surface area contributed by atoms with Gasteiger partial charge in [0.25, 0.3) is 0 Å². The van der Waals surface area contributed by atoms with Gasteiger partial charge in [0.05, 0.1) is 29.0 Å². The number of esters is 1. The zero-order chi connectivity index (χ0) is 19.7. The summed E-state index contributed by atoms with van der Waals surface area (Å²) < 4.78 is 6.36. The number of carbonyl (C=O) groups is 1. The normalized spacial score (nSPS) is 12.1. The van der Waals surface area contributed by atoms with Crippen LogP contribution in [0.25, 0.3) is 16.8 Å². The number of pyridine rings is 2. The lowest BCUT2D eigenvalue weighted by atomic mass is 9.99. The lowest BCUT2D eigenvalue weighted by Crippen LogP contribution is -2.09. The number of methoxy groups -OCH3 is 1. The third-order valence-electron chi connectivity index (χ3n) is 4.40. The van der Waals surface area contributed by atoms with E-state index in [0.717, 1.165) is 5.56 Å². The smallest absolute Gasteiger partial charge is 0.356 e. The largest absolute Gasteiger partial charge is 0.464 e. The summed E-state index contributed by atoms with van der Waals surface area (Å²) in [6.45, 7) is 0. The first kappa shape index (κ1) is 18.2. The van der Waals surface area contributed by atoms with E-state index in [9.17, 15) is 9.90 Å². The van der Waals surface area contributed by atoms with E-state index in [2.05, 4.69) is 10.1 Å². The maximum Gasteiger partial charge on any atom is 0.356 e. The first-order chi connectivity index (χ1) is 13.6. The second-order valence-corrected chi connectivity index (χ2v) is 6.58. The molecule has 3 aromatic heterocycles. The molecule has 0 saturated heterocycles. The molecule has 7 heteroatoms. The summed E-state index contributed by atoms with van der Waals surface area (Å²) in [5, 5.41) is 16.3. The first-order valence-electron chi connectivity index (χ1n) is 8.55. The monoisotopic (exact) mass is 393 g/mol. The van der Waals surface area contributed by atoms with Gasteiger partial charge >= 0.3 is 5.97 Å². The Morgan fingerprint density at radius 2 is 1.89 bits per heavy atom. The summed E-state index contributed by atoms with van der Waals surface area (Å²) in [6, 6.07) is 17.9. The second kappa shape index (κ2) is 7.42.